The number of hydrogen-bond acceptors (Lipinski definition) is 4. The highest BCUT2D eigenvalue weighted by molar-refractivity contribution is 7.15. The number of benzene rings is 1. The fourth-order valence-electron chi connectivity index (χ4n) is 3.24. The number of nitrogens with one attached hydrogen (secondary N) is 1. The summed E-state index contributed by atoms with van der Waals surface area (Å²) in [6.45, 7) is 1.92. The number of fused-ring (bicyclic) bond motifs is 1. The molecule has 1 amide bonds. The van der Waals surface area contributed by atoms with E-state index in [0.29, 0.717) is 11.5 Å². The lowest BCUT2D eigenvalue weighted by molar-refractivity contribution is 0.0928. The van der Waals surface area contributed by atoms with Crippen LogP contribution in [-0.2, 0) is 6.42 Å². The first-order valence-corrected chi connectivity index (χ1v) is 8.94. The van der Waals surface area contributed by atoms with Gasteiger partial charge in [-0.1, -0.05) is 24.3 Å². The Morgan fingerprint density at radius 3 is 3.00 bits per heavy atom. The molecule has 0 radical (unpaired) electrons. The maximum Gasteiger partial charge on any atom is 0.271 e. The van der Waals surface area contributed by atoms with Crippen LogP contribution in [0.25, 0.3) is 10.8 Å². The average Bonchev–Trinajstić information content (AvgIpc) is 3.24. The van der Waals surface area contributed by atoms with Crippen molar-refractivity contribution in [2.24, 2.45) is 0 Å². The lowest BCUT2D eigenvalue weighted by Crippen LogP contribution is -2.31. The highest BCUT2D eigenvalue weighted by Gasteiger charge is 2.24. The number of furan rings is 1. The lowest BCUT2D eigenvalue weighted by atomic mass is 9.87. The first-order chi connectivity index (χ1) is 11.7. The van der Waals surface area contributed by atoms with Gasteiger partial charge in [0.15, 0.2) is 10.8 Å². The molecule has 0 bridgehead atoms. The number of amides is 1. The standard InChI is InChI=1S/C19H18N2O2S/c1-12-17(21-19(24-12)16-10-5-11-23-16)18(22)20-15-9-4-7-13-6-2-3-8-14(13)15/h2-3,5-6,8,10-11,15H,4,7,9H2,1H3,(H,20,22). The van der Waals surface area contributed by atoms with E-state index in [0.717, 1.165) is 29.1 Å². The Kier molecular flexibility index (Phi) is 3.94. The summed E-state index contributed by atoms with van der Waals surface area (Å²) < 4.78 is 5.38. The van der Waals surface area contributed by atoms with Gasteiger partial charge < -0.3 is 9.73 Å². The van der Waals surface area contributed by atoms with E-state index < -0.39 is 0 Å². The van der Waals surface area contributed by atoms with E-state index >= 15 is 0 Å². The summed E-state index contributed by atoms with van der Waals surface area (Å²) in [5, 5.41) is 3.91. The van der Waals surface area contributed by atoms with Crippen LogP contribution in [-0.4, -0.2) is 10.9 Å². The van der Waals surface area contributed by atoms with Gasteiger partial charge in [-0.25, -0.2) is 4.98 Å². The van der Waals surface area contributed by atoms with Crippen LogP contribution >= 0.6 is 11.3 Å². The zero-order valence-electron chi connectivity index (χ0n) is 13.4. The Morgan fingerprint density at radius 2 is 2.17 bits per heavy atom. The van der Waals surface area contributed by atoms with Gasteiger partial charge in [-0.3, -0.25) is 4.79 Å². The molecular weight excluding hydrogens is 320 g/mol. The summed E-state index contributed by atoms with van der Waals surface area (Å²) in [6.07, 6.45) is 4.76. The van der Waals surface area contributed by atoms with Crippen molar-refractivity contribution in [3.05, 3.63) is 64.4 Å². The number of nitrogens with zero attached hydrogens (tertiary/aromatic N) is 1. The van der Waals surface area contributed by atoms with Crippen molar-refractivity contribution in [1.29, 1.82) is 0 Å². The molecule has 3 aromatic rings. The summed E-state index contributed by atoms with van der Waals surface area (Å²) in [7, 11) is 0. The largest absolute Gasteiger partial charge is 0.462 e. The van der Waals surface area contributed by atoms with E-state index in [-0.39, 0.29) is 11.9 Å². The second-order valence-electron chi connectivity index (χ2n) is 6.02. The van der Waals surface area contributed by atoms with Gasteiger partial charge in [0.2, 0.25) is 0 Å². The van der Waals surface area contributed by atoms with Crippen LogP contribution in [0.2, 0.25) is 0 Å². The molecule has 1 atom stereocenters. The zero-order chi connectivity index (χ0) is 16.5. The van der Waals surface area contributed by atoms with Crippen LogP contribution in [0.4, 0.5) is 0 Å². The molecule has 4 rings (SSSR count). The fourth-order valence-corrected chi connectivity index (χ4v) is 4.12. The highest BCUT2D eigenvalue weighted by atomic mass is 32.1. The predicted octanol–water partition coefficient (Wildman–Crippen LogP) is 4.52. The molecule has 24 heavy (non-hydrogen) atoms. The third kappa shape index (κ3) is 2.76. The molecule has 5 heteroatoms. The zero-order valence-corrected chi connectivity index (χ0v) is 14.2. The summed E-state index contributed by atoms with van der Waals surface area (Å²) >= 11 is 1.48. The van der Waals surface area contributed by atoms with Crippen LogP contribution in [0.5, 0.6) is 0 Å². The van der Waals surface area contributed by atoms with Crippen molar-refractivity contribution in [3.8, 4) is 10.8 Å². The quantitative estimate of drug-likeness (QED) is 0.764. The molecular formula is C19H18N2O2S. The van der Waals surface area contributed by atoms with Crippen molar-refractivity contribution in [2.45, 2.75) is 32.2 Å². The number of carbonyl (C=O) groups excluding carboxylic acids is 1. The molecule has 1 aliphatic rings. The average molecular weight is 338 g/mol. The van der Waals surface area contributed by atoms with Gasteiger partial charge in [0.05, 0.1) is 12.3 Å². The van der Waals surface area contributed by atoms with Gasteiger partial charge in [0.25, 0.3) is 5.91 Å². The molecule has 0 aliphatic heterocycles. The summed E-state index contributed by atoms with van der Waals surface area (Å²) in [5.74, 6) is 0.591. The lowest BCUT2D eigenvalue weighted by Gasteiger charge is -2.26. The minimum Gasteiger partial charge on any atom is -0.462 e. The number of hydrogen-bond donors (Lipinski definition) is 1. The first-order valence-electron chi connectivity index (χ1n) is 8.12. The first kappa shape index (κ1) is 15.1. The summed E-state index contributed by atoms with van der Waals surface area (Å²) in [5.41, 5.74) is 3.06. The van der Waals surface area contributed by atoms with Crippen molar-refractivity contribution in [2.75, 3.05) is 0 Å². The highest BCUT2D eigenvalue weighted by Crippen LogP contribution is 2.31. The molecule has 0 spiro atoms. The fraction of sp³-hybridized carbons (Fsp3) is 0.263. The molecule has 1 aromatic carbocycles. The van der Waals surface area contributed by atoms with Crippen molar-refractivity contribution in [1.82, 2.24) is 10.3 Å². The summed E-state index contributed by atoms with van der Waals surface area (Å²) in [6, 6.07) is 12.1. The molecule has 0 fully saturated rings. The minimum absolute atomic E-state index is 0.0654. The molecule has 1 N–H and O–H groups in total. The Balaban J connectivity index is 1.57. The smallest absolute Gasteiger partial charge is 0.271 e. The molecule has 4 nitrogen and oxygen atoms in total. The summed E-state index contributed by atoms with van der Waals surface area (Å²) in [4.78, 5) is 18.1. The number of aromatic nitrogens is 1. The molecule has 0 saturated carbocycles. The van der Waals surface area contributed by atoms with Crippen LogP contribution in [0.15, 0.2) is 47.1 Å². The van der Waals surface area contributed by atoms with Crippen molar-refractivity contribution >= 4 is 17.2 Å². The maximum absolute atomic E-state index is 12.7. The number of carbonyl (C=O) groups is 1. The Bertz CT molecular complexity index is 867. The van der Waals surface area contributed by atoms with Crippen LogP contribution in [0.1, 0.15) is 45.4 Å². The monoisotopic (exact) mass is 338 g/mol. The Labute approximate surface area is 144 Å². The number of rotatable bonds is 3. The van der Waals surface area contributed by atoms with Gasteiger partial charge in [0.1, 0.15) is 5.69 Å². The molecule has 1 aliphatic carbocycles. The van der Waals surface area contributed by atoms with Crippen LogP contribution in [0.3, 0.4) is 0 Å². The normalized spacial score (nSPS) is 16.6. The maximum atomic E-state index is 12.7. The van der Waals surface area contributed by atoms with Crippen molar-refractivity contribution in [3.63, 3.8) is 0 Å². The van der Waals surface area contributed by atoms with Crippen LogP contribution < -0.4 is 5.32 Å². The van der Waals surface area contributed by atoms with Gasteiger partial charge in [0, 0.05) is 4.88 Å². The van der Waals surface area contributed by atoms with Crippen molar-refractivity contribution < 1.29 is 9.21 Å². The second-order valence-corrected chi connectivity index (χ2v) is 7.22. The second kappa shape index (κ2) is 6.24. The van der Waals surface area contributed by atoms with Gasteiger partial charge in [-0.05, 0) is 49.4 Å². The molecule has 122 valence electrons. The van der Waals surface area contributed by atoms with E-state index in [1.807, 2.05) is 25.1 Å². The van der Waals surface area contributed by atoms with E-state index in [4.69, 9.17) is 4.42 Å². The molecule has 1 unspecified atom stereocenters. The Hall–Kier alpha value is -2.40. The van der Waals surface area contributed by atoms with E-state index in [1.165, 1.54) is 22.5 Å². The number of thiazole rings is 1. The van der Waals surface area contributed by atoms with Gasteiger partial charge in [-0.15, -0.1) is 11.3 Å². The molecule has 0 saturated heterocycles. The van der Waals surface area contributed by atoms with Gasteiger partial charge >= 0.3 is 0 Å². The molecule has 2 heterocycles. The van der Waals surface area contributed by atoms with E-state index in [1.54, 1.807) is 6.26 Å². The third-order valence-electron chi connectivity index (χ3n) is 4.42. The van der Waals surface area contributed by atoms with Gasteiger partial charge in [-0.2, -0.15) is 0 Å². The topological polar surface area (TPSA) is 55.1 Å². The molecule has 2 aromatic heterocycles. The number of aryl methyl sites for hydroxylation is 2. The van der Waals surface area contributed by atoms with E-state index in [9.17, 15) is 4.79 Å². The predicted molar refractivity (Wildman–Crippen MR) is 94.1 cm³/mol. The van der Waals surface area contributed by atoms with Crippen LogP contribution in [0, 0.1) is 6.92 Å². The van der Waals surface area contributed by atoms with E-state index in [2.05, 4.69) is 28.5 Å². The Morgan fingerprint density at radius 1 is 1.29 bits per heavy atom. The minimum atomic E-state index is -0.108. The SMILES string of the molecule is Cc1sc(-c2ccco2)nc1C(=O)NC1CCCc2ccccc21. The third-order valence-corrected chi connectivity index (χ3v) is 5.40.